The summed E-state index contributed by atoms with van der Waals surface area (Å²) in [4.78, 5) is 2.38. The van der Waals surface area contributed by atoms with E-state index >= 15 is 0 Å². The molecule has 4 rings (SSSR count). The highest BCUT2D eigenvalue weighted by Gasteiger charge is 2.30. The van der Waals surface area contributed by atoms with Gasteiger partial charge in [-0.3, -0.25) is 4.90 Å². The lowest BCUT2D eigenvalue weighted by molar-refractivity contribution is 0.181. The first kappa shape index (κ1) is 27.3. The highest BCUT2D eigenvalue weighted by Crippen LogP contribution is 2.23. The molecule has 1 aliphatic heterocycles. The normalized spacial score (nSPS) is 15.6. The number of piperazine rings is 1. The van der Waals surface area contributed by atoms with Crippen molar-refractivity contribution in [3.05, 3.63) is 90.0 Å². The Labute approximate surface area is 220 Å². The molecule has 0 aliphatic carbocycles. The molecule has 1 heterocycles. The molecule has 10 heteroatoms. The summed E-state index contributed by atoms with van der Waals surface area (Å²) in [6.07, 6.45) is 0. The second kappa shape index (κ2) is 11.7. The molecule has 1 aliphatic rings. The summed E-state index contributed by atoms with van der Waals surface area (Å²) in [5, 5.41) is 0. The van der Waals surface area contributed by atoms with E-state index in [0.29, 0.717) is 39.3 Å². The Morgan fingerprint density at radius 2 is 1.41 bits per heavy atom. The van der Waals surface area contributed by atoms with Crippen LogP contribution in [0.15, 0.2) is 88.7 Å². The first-order chi connectivity index (χ1) is 17.7. The van der Waals surface area contributed by atoms with E-state index in [1.165, 1.54) is 32.9 Å². The third kappa shape index (κ3) is 6.39. The minimum atomic E-state index is -3.77. The van der Waals surface area contributed by atoms with Crippen molar-refractivity contribution in [2.75, 3.05) is 39.8 Å². The summed E-state index contributed by atoms with van der Waals surface area (Å²) in [7, 11) is -5.86. The number of hydrogen-bond donors (Lipinski definition) is 0. The predicted molar refractivity (Wildman–Crippen MR) is 143 cm³/mol. The maximum atomic E-state index is 13.3. The molecule has 0 bridgehead atoms. The lowest BCUT2D eigenvalue weighted by atomic mass is 10.2. The summed E-state index contributed by atoms with van der Waals surface area (Å²) >= 11 is 0. The van der Waals surface area contributed by atoms with Crippen LogP contribution in [0.3, 0.4) is 0 Å². The summed E-state index contributed by atoms with van der Waals surface area (Å²) in [5.74, 6) is 0.797. The molecular weight excluding hydrogens is 510 g/mol. The molecule has 0 radical (unpaired) electrons. The molecule has 1 saturated heterocycles. The summed E-state index contributed by atoms with van der Waals surface area (Å²) < 4.78 is 61.1. The van der Waals surface area contributed by atoms with Crippen LogP contribution in [-0.2, 0) is 33.1 Å². The summed E-state index contributed by atoms with van der Waals surface area (Å²) in [5.41, 5.74) is 2.00. The Balaban J connectivity index is 1.41. The summed E-state index contributed by atoms with van der Waals surface area (Å²) in [6.45, 7) is 5.00. The van der Waals surface area contributed by atoms with Crippen LogP contribution in [0, 0.1) is 0 Å². The van der Waals surface area contributed by atoms with Gasteiger partial charge in [0.1, 0.15) is 5.75 Å². The second-order valence-corrected chi connectivity index (χ2v) is 12.8. The zero-order valence-electron chi connectivity index (χ0n) is 21.2. The zero-order valence-corrected chi connectivity index (χ0v) is 22.8. The maximum absolute atomic E-state index is 13.3. The van der Waals surface area contributed by atoms with Crippen LogP contribution in [0.1, 0.15) is 18.1 Å². The van der Waals surface area contributed by atoms with E-state index in [1.54, 1.807) is 14.0 Å². The van der Waals surface area contributed by atoms with Crippen molar-refractivity contribution in [3.63, 3.8) is 0 Å². The fourth-order valence-electron chi connectivity index (χ4n) is 4.39. The van der Waals surface area contributed by atoms with E-state index in [-0.39, 0.29) is 16.3 Å². The Bertz CT molecular complexity index is 1390. The molecule has 0 atom stereocenters. The molecule has 0 unspecified atom stereocenters. The number of methoxy groups -OCH3 is 1. The molecule has 0 saturated carbocycles. The third-order valence-electron chi connectivity index (χ3n) is 6.53. The quantitative estimate of drug-likeness (QED) is 0.390. The molecule has 0 aromatic heterocycles. The monoisotopic (exact) mass is 543 g/mol. The number of rotatable bonds is 10. The molecule has 0 spiro atoms. The fraction of sp³-hybridized carbons (Fsp3) is 0.333. The molecule has 37 heavy (non-hydrogen) atoms. The van der Waals surface area contributed by atoms with Gasteiger partial charge in [-0.25, -0.2) is 16.8 Å². The fourth-order valence-corrected chi connectivity index (χ4v) is 7.25. The van der Waals surface area contributed by atoms with Gasteiger partial charge in [-0.15, -0.1) is 0 Å². The van der Waals surface area contributed by atoms with Gasteiger partial charge in [0.2, 0.25) is 20.0 Å². The van der Waals surface area contributed by atoms with Gasteiger partial charge in [0.25, 0.3) is 0 Å². The first-order valence-electron chi connectivity index (χ1n) is 12.2. The van der Waals surface area contributed by atoms with Crippen molar-refractivity contribution in [2.24, 2.45) is 0 Å². The summed E-state index contributed by atoms with van der Waals surface area (Å²) in [6, 6.07) is 22.8. The van der Waals surface area contributed by atoms with Crippen molar-refractivity contribution >= 4 is 20.0 Å². The van der Waals surface area contributed by atoms with Gasteiger partial charge in [0.05, 0.1) is 16.9 Å². The van der Waals surface area contributed by atoms with Gasteiger partial charge in [0.15, 0.2) is 0 Å². The van der Waals surface area contributed by atoms with Crippen LogP contribution < -0.4 is 4.74 Å². The van der Waals surface area contributed by atoms with Crippen LogP contribution in [0.25, 0.3) is 0 Å². The molecule has 198 valence electrons. The maximum Gasteiger partial charge on any atom is 0.243 e. The van der Waals surface area contributed by atoms with Crippen molar-refractivity contribution < 1.29 is 21.6 Å². The number of nitrogens with zero attached hydrogens (tertiary/aromatic N) is 3. The number of sulfonamides is 2. The van der Waals surface area contributed by atoms with Gasteiger partial charge >= 0.3 is 0 Å². The molecule has 3 aromatic carbocycles. The van der Waals surface area contributed by atoms with Crippen molar-refractivity contribution in [1.82, 2.24) is 13.5 Å². The minimum Gasteiger partial charge on any atom is -0.497 e. The van der Waals surface area contributed by atoms with E-state index in [9.17, 15) is 16.8 Å². The lowest BCUT2D eigenvalue weighted by Gasteiger charge is -2.34. The lowest BCUT2D eigenvalue weighted by Crippen LogP contribution is -2.48. The van der Waals surface area contributed by atoms with Gasteiger partial charge < -0.3 is 4.74 Å². The Kier molecular flexibility index (Phi) is 8.66. The number of hydrogen-bond acceptors (Lipinski definition) is 6. The molecule has 0 amide bonds. The van der Waals surface area contributed by atoms with E-state index < -0.39 is 20.0 Å². The van der Waals surface area contributed by atoms with Gasteiger partial charge in [-0.05, 0) is 47.5 Å². The van der Waals surface area contributed by atoms with Crippen molar-refractivity contribution in [3.8, 4) is 5.75 Å². The largest absolute Gasteiger partial charge is 0.497 e. The van der Waals surface area contributed by atoms with Crippen LogP contribution in [0.5, 0.6) is 5.75 Å². The highest BCUT2D eigenvalue weighted by atomic mass is 32.2. The first-order valence-corrected chi connectivity index (χ1v) is 15.1. The Hall–Kier alpha value is -2.76. The van der Waals surface area contributed by atoms with Crippen LogP contribution >= 0.6 is 0 Å². The third-order valence-corrected chi connectivity index (χ3v) is 10.4. The smallest absolute Gasteiger partial charge is 0.243 e. The van der Waals surface area contributed by atoms with E-state index in [0.717, 1.165) is 16.9 Å². The van der Waals surface area contributed by atoms with Gasteiger partial charge in [-0.1, -0.05) is 49.4 Å². The predicted octanol–water partition coefficient (Wildman–Crippen LogP) is 3.41. The van der Waals surface area contributed by atoms with E-state index in [2.05, 4.69) is 4.90 Å². The Morgan fingerprint density at radius 1 is 0.784 bits per heavy atom. The Morgan fingerprint density at radius 3 is 2.03 bits per heavy atom. The van der Waals surface area contributed by atoms with Crippen molar-refractivity contribution in [2.45, 2.75) is 29.8 Å². The number of benzene rings is 3. The molecular formula is C27H33N3O5S2. The highest BCUT2D eigenvalue weighted by molar-refractivity contribution is 7.89. The molecule has 1 fully saturated rings. The minimum absolute atomic E-state index is 0.0762. The zero-order chi connectivity index (χ0) is 26.5. The average Bonchev–Trinajstić information content (AvgIpc) is 2.92. The van der Waals surface area contributed by atoms with Crippen LogP contribution in [0.2, 0.25) is 0 Å². The van der Waals surface area contributed by atoms with E-state index in [4.69, 9.17) is 4.74 Å². The van der Waals surface area contributed by atoms with Gasteiger partial charge in [-0.2, -0.15) is 8.61 Å². The van der Waals surface area contributed by atoms with E-state index in [1.807, 2.05) is 54.6 Å². The molecule has 3 aromatic rings. The van der Waals surface area contributed by atoms with Crippen LogP contribution in [0.4, 0.5) is 0 Å². The number of ether oxygens (including phenoxy) is 1. The second-order valence-electron chi connectivity index (χ2n) is 8.92. The topological polar surface area (TPSA) is 87.2 Å². The van der Waals surface area contributed by atoms with Crippen LogP contribution in [-0.4, -0.2) is 70.2 Å². The SMILES string of the molecule is CCN(Cc1ccccc1)S(=O)(=O)c1ccc(S(=O)(=O)N2CCN(Cc3cccc(OC)c3)CC2)cc1. The molecule has 8 nitrogen and oxygen atoms in total. The van der Waals surface area contributed by atoms with Gasteiger partial charge in [0, 0.05) is 45.8 Å². The average molecular weight is 544 g/mol. The standard InChI is InChI=1S/C27H33N3O5S2/c1-3-29(22-23-8-5-4-6-9-23)36(31,32)26-12-14-27(15-13-26)37(33,34)30-18-16-28(17-19-30)21-24-10-7-11-25(20-24)35-2/h4-15,20H,3,16-19,21-22H2,1-2H3. The van der Waals surface area contributed by atoms with Crippen molar-refractivity contribution in [1.29, 1.82) is 0 Å². The molecule has 0 N–H and O–H groups in total.